The van der Waals surface area contributed by atoms with Crippen LogP contribution in [0.5, 0.6) is 0 Å². The average Bonchev–Trinajstić information content (AvgIpc) is 2.67. The summed E-state index contributed by atoms with van der Waals surface area (Å²) in [6, 6.07) is 13.8. The highest BCUT2D eigenvalue weighted by molar-refractivity contribution is 7.98. The lowest BCUT2D eigenvalue weighted by Gasteiger charge is -2.15. The third-order valence-electron chi connectivity index (χ3n) is 3.83. The Labute approximate surface area is 169 Å². The molecule has 5 nitrogen and oxygen atoms in total. The Bertz CT molecular complexity index is 1070. The fourth-order valence-corrected chi connectivity index (χ4v) is 3.42. The van der Waals surface area contributed by atoms with Gasteiger partial charge in [0.05, 0.1) is 23.5 Å². The number of methoxy groups -OCH3 is 1. The number of ether oxygens (including phenoxy) is 1. The van der Waals surface area contributed by atoms with Gasteiger partial charge in [-0.2, -0.15) is 5.10 Å². The summed E-state index contributed by atoms with van der Waals surface area (Å²) in [4.78, 5) is 25.4. The van der Waals surface area contributed by atoms with Crippen molar-refractivity contribution in [2.45, 2.75) is 4.90 Å². The van der Waals surface area contributed by atoms with Gasteiger partial charge in [-0.1, -0.05) is 23.2 Å². The Balaban J connectivity index is 2.29. The first kappa shape index (κ1) is 19.5. The summed E-state index contributed by atoms with van der Waals surface area (Å²) in [6.07, 6.45) is 1.97. The summed E-state index contributed by atoms with van der Waals surface area (Å²) >= 11 is 13.9. The summed E-state index contributed by atoms with van der Waals surface area (Å²) in [5.74, 6) is -0.803. The van der Waals surface area contributed by atoms with E-state index >= 15 is 0 Å². The molecule has 0 N–H and O–H groups in total. The van der Waals surface area contributed by atoms with E-state index in [1.165, 1.54) is 17.9 Å². The van der Waals surface area contributed by atoms with Gasteiger partial charge in [0.15, 0.2) is 0 Å². The van der Waals surface area contributed by atoms with Crippen molar-refractivity contribution in [1.82, 2.24) is 9.78 Å². The monoisotopic (exact) mass is 420 g/mol. The molecule has 2 aromatic carbocycles. The smallest absolute Gasteiger partial charge is 0.362 e. The molecule has 0 saturated heterocycles. The number of halogens is 2. The molecule has 1 heterocycles. The van der Waals surface area contributed by atoms with Crippen LogP contribution < -0.4 is 5.43 Å². The number of hydrogen-bond donors (Lipinski definition) is 0. The predicted molar refractivity (Wildman–Crippen MR) is 108 cm³/mol. The average molecular weight is 421 g/mol. The van der Waals surface area contributed by atoms with E-state index < -0.39 is 11.4 Å². The van der Waals surface area contributed by atoms with Gasteiger partial charge in [-0.3, -0.25) is 4.79 Å². The number of esters is 1. The van der Waals surface area contributed by atoms with Crippen LogP contribution in [0.15, 0.2) is 58.2 Å². The lowest BCUT2D eigenvalue weighted by Crippen LogP contribution is -2.23. The van der Waals surface area contributed by atoms with E-state index in [9.17, 15) is 9.59 Å². The van der Waals surface area contributed by atoms with Gasteiger partial charge in [0, 0.05) is 21.5 Å². The molecule has 1 aromatic heterocycles. The Morgan fingerprint density at radius 3 is 2.41 bits per heavy atom. The fourth-order valence-electron chi connectivity index (χ4n) is 2.50. The summed E-state index contributed by atoms with van der Waals surface area (Å²) in [5.41, 5.74) is 0.807. The number of rotatable bonds is 4. The Morgan fingerprint density at radius 1 is 1.11 bits per heavy atom. The summed E-state index contributed by atoms with van der Waals surface area (Å²) in [5, 5.41) is 5.08. The molecule has 0 amide bonds. The van der Waals surface area contributed by atoms with Crippen molar-refractivity contribution >= 4 is 40.9 Å². The fraction of sp³-hybridized carbons (Fsp3) is 0.105. The maximum absolute atomic E-state index is 12.4. The molecule has 0 atom stereocenters. The van der Waals surface area contributed by atoms with E-state index in [-0.39, 0.29) is 5.69 Å². The lowest BCUT2D eigenvalue weighted by molar-refractivity contribution is 0.0590. The molecule has 138 valence electrons. The van der Waals surface area contributed by atoms with Crippen molar-refractivity contribution < 1.29 is 9.53 Å². The van der Waals surface area contributed by atoms with Crippen molar-refractivity contribution in [3.8, 4) is 16.9 Å². The number of carbonyl (C=O) groups excluding carboxylic acids is 1. The van der Waals surface area contributed by atoms with Crippen molar-refractivity contribution in [3.63, 3.8) is 0 Å². The molecule has 0 bridgehead atoms. The molecule has 27 heavy (non-hydrogen) atoms. The topological polar surface area (TPSA) is 61.2 Å². The minimum absolute atomic E-state index is 0.305. The second kappa shape index (κ2) is 8.17. The van der Waals surface area contributed by atoms with Crippen LogP contribution >= 0.6 is 35.0 Å². The zero-order chi connectivity index (χ0) is 19.6. The van der Waals surface area contributed by atoms with Crippen LogP contribution in [0, 0.1) is 0 Å². The van der Waals surface area contributed by atoms with Gasteiger partial charge in [0.1, 0.15) is 0 Å². The quantitative estimate of drug-likeness (QED) is 0.451. The SMILES string of the molecule is COC(=O)c1nn(-c2ccc(SC)cc2)c(-c2ccc(Cl)cc2Cl)cc1=O. The third-order valence-corrected chi connectivity index (χ3v) is 5.12. The van der Waals surface area contributed by atoms with E-state index in [0.717, 1.165) is 4.90 Å². The third kappa shape index (κ3) is 4.03. The van der Waals surface area contributed by atoms with Crippen LogP contribution in [0.25, 0.3) is 16.9 Å². The van der Waals surface area contributed by atoms with E-state index in [1.807, 2.05) is 30.5 Å². The molecule has 0 spiro atoms. The first-order chi connectivity index (χ1) is 12.9. The van der Waals surface area contributed by atoms with E-state index in [4.69, 9.17) is 23.2 Å². The lowest BCUT2D eigenvalue weighted by atomic mass is 10.1. The number of carbonyl (C=O) groups is 1. The predicted octanol–water partition coefficient (Wildman–Crippen LogP) is 4.71. The highest BCUT2D eigenvalue weighted by Gasteiger charge is 2.19. The van der Waals surface area contributed by atoms with Crippen LogP contribution in [0.3, 0.4) is 0 Å². The van der Waals surface area contributed by atoms with Gasteiger partial charge in [-0.05, 0) is 48.7 Å². The number of benzene rings is 2. The van der Waals surface area contributed by atoms with Gasteiger partial charge >= 0.3 is 5.97 Å². The molecule has 0 aliphatic rings. The number of nitrogens with zero attached hydrogens (tertiary/aromatic N) is 2. The minimum Gasteiger partial charge on any atom is -0.464 e. The van der Waals surface area contributed by atoms with Crippen LogP contribution in [-0.4, -0.2) is 29.1 Å². The summed E-state index contributed by atoms with van der Waals surface area (Å²) in [7, 11) is 1.20. The Hall–Kier alpha value is -2.28. The van der Waals surface area contributed by atoms with Crippen molar-refractivity contribution in [2.24, 2.45) is 0 Å². The maximum atomic E-state index is 12.4. The number of thioether (sulfide) groups is 1. The first-order valence-electron chi connectivity index (χ1n) is 7.77. The van der Waals surface area contributed by atoms with Crippen LogP contribution in [0.2, 0.25) is 10.0 Å². The largest absolute Gasteiger partial charge is 0.464 e. The summed E-state index contributed by atoms with van der Waals surface area (Å²) in [6.45, 7) is 0. The van der Waals surface area contributed by atoms with Crippen molar-refractivity contribution in [2.75, 3.05) is 13.4 Å². The number of hydrogen-bond acceptors (Lipinski definition) is 5. The van der Waals surface area contributed by atoms with E-state index in [1.54, 1.807) is 30.0 Å². The van der Waals surface area contributed by atoms with Gasteiger partial charge in [-0.15, -0.1) is 11.8 Å². The molecule has 3 rings (SSSR count). The molecule has 0 unspecified atom stereocenters. The molecular formula is C19H14Cl2N2O3S. The van der Waals surface area contributed by atoms with Gasteiger partial charge < -0.3 is 4.74 Å². The Morgan fingerprint density at radius 2 is 1.81 bits per heavy atom. The molecule has 0 radical (unpaired) electrons. The van der Waals surface area contributed by atoms with E-state index in [0.29, 0.717) is 27.0 Å². The van der Waals surface area contributed by atoms with Crippen molar-refractivity contribution in [3.05, 3.63) is 74.5 Å². The molecule has 0 aliphatic carbocycles. The van der Waals surface area contributed by atoms with Gasteiger partial charge in [-0.25, -0.2) is 9.48 Å². The second-order valence-electron chi connectivity index (χ2n) is 5.47. The zero-order valence-corrected chi connectivity index (χ0v) is 16.7. The van der Waals surface area contributed by atoms with Crippen molar-refractivity contribution in [1.29, 1.82) is 0 Å². The minimum atomic E-state index is -0.803. The highest BCUT2D eigenvalue weighted by atomic mass is 35.5. The zero-order valence-electron chi connectivity index (χ0n) is 14.4. The molecule has 0 aliphatic heterocycles. The van der Waals surface area contributed by atoms with Gasteiger partial charge in [0.25, 0.3) is 0 Å². The molecule has 3 aromatic rings. The molecule has 0 fully saturated rings. The Kier molecular flexibility index (Phi) is 5.89. The van der Waals surface area contributed by atoms with Crippen LogP contribution in [-0.2, 0) is 4.74 Å². The van der Waals surface area contributed by atoms with Crippen LogP contribution in [0.1, 0.15) is 10.5 Å². The second-order valence-corrected chi connectivity index (χ2v) is 7.19. The highest BCUT2D eigenvalue weighted by Crippen LogP contribution is 2.31. The van der Waals surface area contributed by atoms with E-state index in [2.05, 4.69) is 9.84 Å². The van der Waals surface area contributed by atoms with Gasteiger partial charge in [0.2, 0.25) is 11.1 Å². The number of aromatic nitrogens is 2. The van der Waals surface area contributed by atoms with Crippen LogP contribution in [0.4, 0.5) is 0 Å². The molecular weight excluding hydrogens is 407 g/mol. The standard InChI is InChI=1S/C19H14Cl2N2O3S/c1-26-19(25)18-17(24)10-16(14-8-3-11(20)9-15(14)21)23(22-18)12-4-6-13(27-2)7-5-12/h3-10H,1-2H3. The maximum Gasteiger partial charge on any atom is 0.362 e. The summed E-state index contributed by atoms with van der Waals surface area (Å²) < 4.78 is 6.16. The first-order valence-corrected chi connectivity index (χ1v) is 9.75. The molecule has 0 saturated carbocycles. The molecule has 8 heteroatoms. The normalized spacial score (nSPS) is 10.7.